The summed E-state index contributed by atoms with van der Waals surface area (Å²) in [5, 5.41) is 11.7. The fourth-order valence-electron chi connectivity index (χ4n) is 8.15. The molecule has 232 valence electrons. The Balaban J connectivity index is 1.25. The van der Waals surface area contributed by atoms with Crippen molar-refractivity contribution in [2.24, 2.45) is 0 Å². The van der Waals surface area contributed by atoms with Crippen LogP contribution in [0.25, 0.3) is 110 Å². The smallest absolute Gasteiger partial charge is 0.147 e. The molecule has 2 aromatic heterocycles. The molecule has 0 N–H and O–H groups in total. The average Bonchev–Trinajstić information content (AvgIpc) is 3.75. The number of para-hydroxylation sites is 1. The summed E-state index contributed by atoms with van der Waals surface area (Å²) in [5.74, 6) is 0. The lowest BCUT2D eigenvalue weighted by atomic mass is 9.84. The van der Waals surface area contributed by atoms with E-state index < -0.39 is 0 Å². The number of benzene rings is 9. The Labute approximate surface area is 287 Å². The monoisotopic (exact) mass is 636 g/mol. The number of furan rings is 2. The molecule has 0 aliphatic carbocycles. The first-order valence-electron chi connectivity index (χ1n) is 17.1. The first-order valence-corrected chi connectivity index (χ1v) is 17.1. The van der Waals surface area contributed by atoms with Crippen LogP contribution in [-0.2, 0) is 0 Å². The maximum atomic E-state index is 6.51. The molecule has 2 nitrogen and oxygen atoms in total. The third kappa shape index (κ3) is 3.96. The zero-order valence-corrected chi connectivity index (χ0v) is 27.0. The van der Waals surface area contributed by atoms with Crippen LogP contribution in [0.2, 0.25) is 0 Å². The maximum Gasteiger partial charge on any atom is 0.147 e. The van der Waals surface area contributed by atoms with E-state index in [0.717, 1.165) is 49.4 Å². The van der Waals surface area contributed by atoms with Crippen molar-refractivity contribution >= 4 is 76.2 Å². The van der Waals surface area contributed by atoms with Gasteiger partial charge in [-0.25, -0.2) is 0 Å². The van der Waals surface area contributed by atoms with E-state index in [1.165, 1.54) is 60.1 Å². The Morgan fingerprint density at radius 2 is 0.860 bits per heavy atom. The highest BCUT2D eigenvalue weighted by Crippen LogP contribution is 2.47. The second-order valence-corrected chi connectivity index (χ2v) is 13.2. The van der Waals surface area contributed by atoms with Crippen LogP contribution in [0.3, 0.4) is 0 Å². The van der Waals surface area contributed by atoms with Gasteiger partial charge in [0.15, 0.2) is 0 Å². The first-order chi connectivity index (χ1) is 24.8. The second kappa shape index (κ2) is 10.4. The molecule has 0 fully saturated rings. The summed E-state index contributed by atoms with van der Waals surface area (Å²) in [4.78, 5) is 0. The zero-order valence-electron chi connectivity index (χ0n) is 27.0. The van der Waals surface area contributed by atoms with E-state index in [-0.39, 0.29) is 0 Å². The molecule has 0 bridgehead atoms. The summed E-state index contributed by atoms with van der Waals surface area (Å²) in [6.07, 6.45) is 0. The number of fused-ring (bicyclic) bond motifs is 10. The van der Waals surface area contributed by atoms with Gasteiger partial charge in [-0.2, -0.15) is 0 Å². The van der Waals surface area contributed by atoms with Crippen LogP contribution >= 0.6 is 0 Å². The topological polar surface area (TPSA) is 26.3 Å². The van der Waals surface area contributed by atoms with Crippen LogP contribution in [-0.4, -0.2) is 0 Å². The van der Waals surface area contributed by atoms with Gasteiger partial charge in [-0.05, 0) is 108 Å². The molecule has 0 unspecified atom stereocenters. The van der Waals surface area contributed by atoms with Gasteiger partial charge in [0.1, 0.15) is 22.3 Å². The molecular weight excluding hydrogens is 609 g/mol. The highest BCUT2D eigenvalue weighted by molar-refractivity contribution is 6.25. The molecule has 9 aromatic carbocycles. The van der Waals surface area contributed by atoms with Gasteiger partial charge in [0, 0.05) is 16.2 Å². The third-order valence-corrected chi connectivity index (χ3v) is 10.4. The molecule has 2 heteroatoms. The maximum absolute atomic E-state index is 6.51. The molecule has 11 rings (SSSR count). The number of rotatable bonds is 3. The van der Waals surface area contributed by atoms with E-state index in [9.17, 15) is 0 Å². The van der Waals surface area contributed by atoms with E-state index in [2.05, 4.69) is 158 Å². The molecule has 0 spiro atoms. The lowest BCUT2D eigenvalue weighted by Crippen LogP contribution is -1.92. The minimum Gasteiger partial charge on any atom is -0.456 e. The minimum atomic E-state index is 0.831. The van der Waals surface area contributed by atoms with Gasteiger partial charge in [0.2, 0.25) is 0 Å². The van der Waals surface area contributed by atoms with Crippen molar-refractivity contribution in [2.45, 2.75) is 0 Å². The van der Waals surface area contributed by atoms with Crippen LogP contribution in [0, 0.1) is 0 Å². The molecule has 0 aliphatic heterocycles. The number of hydrogen-bond acceptors (Lipinski definition) is 2. The summed E-state index contributed by atoms with van der Waals surface area (Å²) in [6.45, 7) is 0. The summed E-state index contributed by atoms with van der Waals surface area (Å²) < 4.78 is 12.9. The lowest BCUT2D eigenvalue weighted by Gasteiger charge is -2.19. The van der Waals surface area contributed by atoms with Gasteiger partial charge in [-0.3, -0.25) is 0 Å². The van der Waals surface area contributed by atoms with Crippen molar-refractivity contribution in [1.82, 2.24) is 0 Å². The predicted octanol–water partition coefficient (Wildman–Crippen LogP) is 13.9. The Kier molecular flexibility index (Phi) is 5.70. The Morgan fingerprint density at radius 3 is 1.72 bits per heavy atom. The zero-order chi connectivity index (χ0) is 32.8. The summed E-state index contributed by atoms with van der Waals surface area (Å²) in [7, 11) is 0. The van der Waals surface area contributed by atoms with E-state index in [1.54, 1.807) is 0 Å². The standard InChI is InChI=1S/C48H28O2/c1-2-10-29(11-3-1)32-20-22-38-40(27-32)46(33-19-18-30-12-4-5-13-31(30)26-33)37-16-7-6-15-36(37)45(38)34-21-24-43-41(28-34)47-44(49-43)25-23-39-35-14-8-9-17-42(35)50-48(39)47/h1-28H. The van der Waals surface area contributed by atoms with Crippen LogP contribution in [0.1, 0.15) is 0 Å². The fraction of sp³-hybridized carbons (Fsp3) is 0. The fourth-order valence-corrected chi connectivity index (χ4v) is 8.15. The Morgan fingerprint density at radius 1 is 0.280 bits per heavy atom. The van der Waals surface area contributed by atoms with Gasteiger partial charge in [0.05, 0.1) is 5.39 Å². The average molecular weight is 637 g/mol. The largest absolute Gasteiger partial charge is 0.456 e. The molecule has 0 saturated heterocycles. The van der Waals surface area contributed by atoms with Crippen molar-refractivity contribution in [3.63, 3.8) is 0 Å². The van der Waals surface area contributed by atoms with E-state index in [0.29, 0.717) is 0 Å². The van der Waals surface area contributed by atoms with Crippen LogP contribution in [0.4, 0.5) is 0 Å². The molecular formula is C48H28O2. The SMILES string of the molecule is c1ccc(-c2ccc3c(-c4ccc5oc6ccc7c8ccccc8oc7c6c5c4)c4ccccc4c(-c4ccc5ccccc5c4)c3c2)cc1. The molecule has 0 saturated carbocycles. The molecule has 11 aromatic rings. The lowest BCUT2D eigenvalue weighted by molar-refractivity contribution is 0.663. The quantitative estimate of drug-likeness (QED) is 0.180. The predicted molar refractivity (Wildman–Crippen MR) is 210 cm³/mol. The molecule has 0 radical (unpaired) electrons. The second-order valence-electron chi connectivity index (χ2n) is 13.2. The van der Waals surface area contributed by atoms with Crippen molar-refractivity contribution in [3.8, 4) is 33.4 Å². The summed E-state index contributed by atoms with van der Waals surface area (Å²) in [5.41, 5.74) is 10.7. The van der Waals surface area contributed by atoms with E-state index >= 15 is 0 Å². The van der Waals surface area contributed by atoms with Gasteiger partial charge in [-0.15, -0.1) is 0 Å². The highest BCUT2D eigenvalue weighted by atomic mass is 16.3. The van der Waals surface area contributed by atoms with Crippen LogP contribution < -0.4 is 0 Å². The van der Waals surface area contributed by atoms with Crippen molar-refractivity contribution in [2.75, 3.05) is 0 Å². The Bertz CT molecular complexity index is 3140. The van der Waals surface area contributed by atoms with Gasteiger partial charge in [0.25, 0.3) is 0 Å². The molecule has 0 atom stereocenters. The summed E-state index contributed by atoms with van der Waals surface area (Å²) in [6, 6.07) is 61.1. The third-order valence-electron chi connectivity index (χ3n) is 10.4. The van der Waals surface area contributed by atoms with Crippen molar-refractivity contribution in [3.05, 3.63) is 170 Å². The van der Waals surface area contributed by atoms with Gasteiger partial charge < -0.3 is 8.83 Å². The van der Waals surface area contributed by atoms with Gasteiger partial charge >= 0.3 is 0 Å². The first kappa shape index (κ1) is 27.3. The van der Waals surface area contributed by atoms with Gasteiger partial charge in [-0.1, -0.05) is 127 Å². The Hall–Kier alpha value is -6.64. The molecule has 0 aliphatic rings. The molecule has 0 amide bonds. The highest BCUT2D eigenvalue weighted by Gasteiger charge is 2.21. The number of hydrogen-bond donors (Lipinski definition) is 0. The molecule has 50 heavy (non-hydrogen) atoms. The minimum absolute atomic E-state index is 0.831. The van der Waals surface area contributed by atoms with Crippen LogP contribution in [0.5, 0.6) is 0 Å². The van der Waals surface area contributed by atoms with E-state index in [4.69, 9.17) is 8.83 Å². The van der Waals surface area contributed by atoms with Crippen LogP contribution in [0.15, 0.2) is 179 Å². The van der Waals surface area contributed by atoms with Crippen molar-refractivity contribution in [1.29, 1.82) is 0 Å². The van der Waals surface area contributed by atoms with Crippen molar-refractivity contribution < 1.29 is 8.83 Å². The summed E-state index contributed by atoms with van der Waals surface area (Å²) >= 11 is 0. The molecule has 2 heterocycles. The normalized spacial score (nSPS) is 12.0. The van der Waals surface area contributed by atoms with E-state index in [1.807, 2.05) is 12.1 Å².